The van der Waals surface area contributed by atoms with Gasteiger partial charge in [-0.05, 0) is 56.4 Å². The Kier molecular flexibility index (Phi) is 12.8. The van der Waals surface area contributed by atoms with Crippen LogP contribution in [0.4, 0.5) is 0 Å². The van der Waals surface area contributed by atoms with Crippen molar-refractivity contribution in [2.45, 2.75) is 0 Å². The highest BCUT2D eigenvalue weighted by atomic mass is 31.3. The Hall–Kier alpha value is -3.69. The van der Waals surface area contributed by atoms with E-state index in [0.29, 0.717) is 0 Å². The van der Waals surface area contributed by atoms with E-state index in [1.165, 1.54) is 0 Å². The van der Waals surface area contributed by atoms with Crippen LogP contribution in [-0.4, -0.2) is 75.1 Å². The van der Waals surface area contributed by atoms with Crippen molar-refractivity contribution in [1.29, 1.82) is 0 Å². The Morgan fingerprint density at radius 2 is 0.517 bits per heavy atom. The zero-order chi connectivity index (χ0) is 41.0. The monoisotopic (exact) mass is 863 g/mol. The predicted molar refractivity (Wildman–Crippen MR) is 258 cm³/mol. The van der Waals surface area contributed by atoms with Crippen LogP contribution in [0.2, 0.25) is 0 Å². The smallest absolute Gasteiger partial charge is 0.246 e. The van der Waals surface area contributed by atoms with Crippen molar-refractivity contribution in [3.63, 3.8) is 0 Å². The quantitative estimate of drug-likeness (QED) is 0.115. The minimum absolute atomic E-state index is 1.12. The first-order valence-corrected chi connectivity index (χ1v) is 27.5. The van der Waals surface area contributed by atoms with Crippen molar-refractivity contribution in [3.8, 4) is 0 Å². The maximum absolute atomic E-state index is 6.53. The van der Waals surface area contributed by atoms with Gasteiger partial charge < -0.3 is 0 Å². The fourth-order valence-corrected chi connectivity index (χ4v) is 32.3. The highest BCUT2D eigenvalue weighted by Gasteiger charge is 2.46. The average Bonchev–Trinajstić information content (AvgIpc) is 3.26. The molecule has 0 aromatic heterocycles. The van der Waals surface area contributed by atoms with Gasteiger partial charge in [0.1, 0.15) is 0 Å². The number of benzene rings is 6. The Bertz CT molecular complexity index is 2220. The van der Waals surface area contributed by atoms with Crippen molar-refractivity contribution in [2.75, 3.05) is 56.4 Å². The molecule has 0 atom stereocenters. The summed E-state index contributed by atoms with van der Waals surface area (Å²) in [5.74, 6) is 0. The summed E-state index contributed by atoms with van der Waals surface area (Å²) in [5.41, 5.74) is 0. The third-order valence-electron chi connectivity index (χ3n) is 10.2. The van der Waals surface area contributed by atoms with E-state index in [2.05, 4.69) is 257 Å². The number of hydrogen-bond acceptors (Lipinski definition) is 9. The number of hydrogen-bond donors (Lipinski definition) is 0. The molecule has 0 spiro atoms. The van der Waals surface area contributed by atoms with Crippen LogP contribution in [0.15, 0.2) is 205 Å². The van der Waals surface area contributed by atoms with E-state index in [4.69, 9.17) is 22.6 Å². The highest BCUT2D eigenvalue weighted by Crippen LogP contribution is 2.84. The lowest BCUT2D eigenvalue weighted by molar-refractivity contribution is 0.545. The third kappa shape index (κ3) is 7.63. The van der Waals surface area contributed by atoms with Gasteiger partial charge in [-0.1, -0.05) is 182 Å². The molecule has 300 valence electrons. The van der Waals surface area contributed by atoms with Crippen LogP contribution in [0, 0.1) is 0 Å². The molecule has 0 saturated carbocycles. The van der Waals surface area contributed by atoms with Gasteiger partial charge in [-0.25, -0.2) is 27.7 Å². The van der Waals surface area contributed by atoms with Gasteiger partial charge in [-0.3, -0.25) is 0 Å². The molecule has 0 amide bonds. The standard InChI is InChI=1S/C44H54N9P5/c1-50(2)57(51(3)4)47-56(48-58(49-57,52(5)6)53(7)8,45-54(39-27-15-9-16-28-39,40-29-17-10-18-30-40)41-31-19-11-20-32-41)46-55(42-33-21-12-22-34-42,43-35-23-13-24-36-43)44-37-25-14-26-38-44/h9-38H,1-8H3. The number of nitrogens with zero attached hydrogens (tertiary/aromatic N) is 9. The molecule has 0 fully saturated rings. The summed E-state index contributed by atoms with van der Waals surface area (Å²) < 4.78 is 40.1. The van der Waals surface area contributed by atoms with Crippen molar-refractivity contribution < 1.29 is 0 Å². The Morgan fingerprint density at radius 3 is 0.724 bits per heavy atom. The van der Waals surface area contributed by atoms with E-state index in [9.17, 15) is 0 Å². The van der Waals surface area contributed by atoms with Crippen molar-refractivity contribution in [1.82, 2.24) is 18.7 Å². The largest absolute Gasteiger partial charge is 0.308 e. The van der Waals surface area contributed by atoms with Crippen molar-refractivity contribution in [3.05, 3.63) is 182 Å². The van der Waals surface area contributed by atoms with E-state index in [1.54, 1.807) is 0 Å². The second-order valence-electron chi connectivity index (χ2n) is 14.7. The molecule has 9 nitrogen and oxygen atoms in total. The van der Waals surface area contributed by atoms with E-state index in [0.717, 1.165) is 31.8 Å². The number of rotatable bonds is 12. The first-order chi connectivity index (χ1) is 27.9. The molecule has 58 heavy (non-hydrogen) atoms. The van der Waals surface area contributed by atoms with Crippen LogP contribution >= 0.6 is 36.6 Å². The van der Waals surface area contributed by atoms with Gasteiger partial charge in [-0.2, -0.15) is 13.5 Å². The molecule has 0 aliphatic carbocycles. The lowest BCUT2D eigenvalue weighted by atomic mass is 10.4. The summed E-state index contributed by atoms with van der Waals surface area (Å²) in [5, 5.41) is 6.72. The molecule has 6 aromatic rings. The zero-order valence-corrected chi connectivity index (χ0v) is 39.1. The molecule has 0 saturated heterocycles. The fourth-order valence-electron chi connectivity index (χ4n) is 7.41. The van der Waals surface area contributed by atoms with Crippen LogP contribution in [0.3, 0.4) is 0 Å². The third-order valence-corrected chi connectivity index (χ3v) is 30.5. The fraction of sp³-hybridized carbons (Fsp3) is 0.182. The van der Waals surface area contributed by atoms with Gasteiger partial charge in [0.15, 0.2) is 0 Å². The van der Waals surface area contributed by atoms with Crippen LogP contribution in [-0.2, 0) is 0 Å². The van der Waals surface area contributed by atoms with Crippen LogP contribution in [0.25, 0.3) is 0 Å². The summed E-state index contributed by atoms with van der Waals surface area (Å²) in [6.45, 7) is 0. The van der Waals surface area contributed by atoms with Gasteiger partial charge >= 0.3 is 7.51 Å². The van der Waals surface area contributed by atoms with Crippen LogP contribution < -0.4 is 31.8 Å². The molecule has 7 rings (SSSR count). The molecule has 0 N–H and O–H groups in total. The maximum Gasteiger partial charge on any atom is 0.308 e. The SMILES string of the molecule is CN(C)P1(N(C)C)=NP(N=P(c2ccccc2)(c2ccccc2)c2ccccc2)(N=P(c2ccccc2)(c2ccccc2)c2ccccc2)=NP(N(C)C)(N(C)C)=N1. The van der Waals surface area contributed by atoms with E-state index < -0.39 is 36.6 Å². The summed E-state index contributed by atoms with van der Waals surface area (Å²) in [4.78, 5) is 0. The molecular formula is C44H54N9P5. The topological polar surface area (TPSA) is 74.8 Å². The molecule has 1 heterocycles. The van der Waals surface area contributed by atoms with Gasteiger partial charge in [0.25, 0.3) is 0 Å². The lowest BCUT2D eigenvalue weighted by Gasteiger charge is -2.44. The molecule has 1 aliphatic rings. The second-order valence-corrected chi connectivity index (χ2v) is 30.4. The normalized spacial score (nSPS) is 16.0. The molecule has 0 radical (unpaired) electrons. The average molecular weight is 864 g/mol. The Balaban J connectivity index is 1.91. The zero-order valence-electron chi connectivity index (χ0n) is 34.6. The summed E-state index contributed by atoms with van der Waals surface area (Å²) in [6, 6.07) is 64.8. The van der Waals surface area contributed by atoms with Crippen LogP contribution in [0.1, 0.15) is 0 Å². The summed E-state index contributed by atoms with van der Waals surface area (Å²) >= 11 is 0. The van der Waals surface area contributed by atoms with Gasteiger partial charge in [-0.15, -0.1) is 0 Å². The summed E-state index contributed by atoms with van der Waals surface area (Å²) in [6.07, 6.45) is 0. The van der Waals surface area contributed by atoms with Gasteiger partial charge in [0, 0.05) is 31.8 Å². The minimum atomic E-state index is -3.65. The van der Waals surface area contributed by atoms with Gasteiger partial charge in [0.05, 0.1) is 14.1 Å². The first kappa shape index (κ1) is 42.4. The highest BCUT2D eigenvalue weighted by molar-refractivity contribution is 7.97. The molecule has 14 heteroatoms. The Labute approximate surface area is 346 Å². The van der Waals surface area contributed by atoms with E-state index >= 15 is 0 Å². The van der Waals surface area contributed by atoms with Gasteiger partial charge in [0.2, 0.25) is 15.0 Å². The first-order valence-electron chi connectivity index (χ1n) is 19.2. The second kappa shape index (κ2) is 17.5. The summed E-state index contributed by atoms with van der Waals surface area (Å²) in [7, 11) is 1.41. The maximum atomic E-state index is 6.53. The lowest BCUT2D eigenvalue weighted by Crippen LogP contribution is -2.27. The van der Waals surface area contributed by atoms with E-state index in [1.807, 2.05) is 0 Å². The van der Waals surface area contributed by atoms with Crippen LogP contribution in [0.5, 0.6) is 0 Å². The Morgan fingerprint density at radius 1 is 0.310 bits per heavy atom. The molecule has 6 aromatic carbocycles. The molecule has 0 bridgehead atoms. The minimum Gasteiger partial charge on any atom is -0.246 e. The van der Waals surface area contributed by atoms with Crippen molar-refractivity contribution >= 4 is 68.5 Å². The van der Waals surface area contributed by atoms with E-state index in [-0.39, 0.29) is 0 Å². The molecular weight excluding hydrogens is 809 g/mol. The molecule has 0 unspecified atom stereocenters. The predicted octanol–water partition coefficient (Wildman–Crippen LogP) is 10.4. The molecule has 1 aliphatic heterocycles. The van der Waals surface area contributed by atoms with Crippen molar-refractivity contribution in [2.24, 2.45) is 22.6 Å².